The highest BCUT2D eigenvalue weighted by Gasteiger charge is 2.19. The molecule has 1 aromatic carbocycles. The summed E-state index contributed by atoms with van der Waals surface area (Å²) in [5.41, 5.74) is 6.38. The first-order chi connectivity index (χ1) is 9.00. The van der Waals surface area contributed by atoms with E-state index in [2.05, 4.69) is 6.58 Å². The second kappa shape index (κ2) is 4.94. The minimum absolute atomic E-state index is 0.0167. The predicted molar refractivity (Wildman–Crippen MR) is 71.8 cm³/mol. The van der Waals surface area contributed by atoms with Gasteiger partial charge in [-0.15, -0.1) is 0 Å². The molecule has 3 N–H and O–H groups in total. The van der Waals surface area contributed by atoms with Gasteiger partial charge in [-0.25, -0.2) is 0 Å². The van der Waals surface area contributed by atoms with Crippen molar-refractivity contribution in [3.05, 3.63) is 71.2 Å². The van der Waals surface area contributed by atoms with Crippen molar-refractivity contribution >= 4 is 11.6 Å². The van der Waals surface area contributed by atoms with Crippen LogP contribution in [0, 0.1) is 0 Å². The summed E-state index contributed by atoms with van der Waals surface area (Å²) in [4.78, 5) is 24.2. The van der Waals surface area contributed by atoms with Crippen LogP contribution in [0.3, 0.4) is 0 Å². The van der Waals surface area contributed by atoms with Crippen LogP contribution in [0.15, 0.2) is 60.0 Å². The van der Waals surface area contributed by atoms with Crippen molar-refractivity contribution < 1.29 is 14.7 Å². The summed E-state index contributed by atoms with van der Waals surface area (Å²) in [6.07, 6.45) is 2.62. The van der Waals surface area contributed by atoms with E-state index < -0.39 is 0 Å². The van der Waals surface area contributed by atoms with Gasteiger partial charge in [-0.05, 0) is 12.2 Å². The van der Waals surface area contributed by atoms with Gasteiger partial charge in [-0.3, -0.25) is 9.59 Å². The summed E-state index contributed by atoms with van der Waals surface area (Å²) in [5.74, 6) is -0.846. The van der Waals surface area contributed by atoms with Gasteiger partial charge in [0.2, 0.25) is 0 Å². The summed E-state index contributed by atoms with van der Waals surface area (Å²) in [6, 6.07) is 6.54. The van der Waals surface area contributed by atoms with E-state index in [0.717, 1.165) is 0 Å². The van der Waals surface area contributed by atoms with Gasteiger partial charge < -0.3 is 10.8 Å². The van der Waals surface area contributed by atoms with Crippen molar-refractivity contribution in [3.63, 3.8) is 0 Å². The Morgan fingerprint density at radius 3 is 2.47 bits per heavy atom. The Morgan fingerprint density at radius 1 is 1.16 bits per heavy atom. The Kier molecular flexibility index (Phi) is 3.33. The number of aliphatic hydroxyl groups excluding tert-OH is 1. The Balaban J connectivity index is 2.62. The van der Waals surface area contributed by atoms with Crippen molar-refractivity contribution in [1.82, 2.24) is 0 Å². The molecule has 0 heterocycles. The van der Waals surface area contributed by atoms with E-state index in [1.54, 1.807) is 24.3 Å². The number of nitrogens with two attached hydrogens (primary N) is 1. The van der Waals surface area contributed by atoms with Crippen LogP contribution in [0.5, 0.6) is 0 Å². The Morgan fingerprint density at radius 2 is 1.79 bits per heavy atom. The number of fused-ring (bicyclic) bond motifs is 1. The van der Waals surface area contributed by atoms with Gasteiger partial charge >= 0.3 is 0 Å². The highest BCUT2D eigenvalue weighted by atomic mass is 16.3. The normalized spacial score (nSPS) is 22.0. The van der Waals surface area contributed by atoms with Gasteiger partial charge in [0, 0.05) is 23.1 Å². The van der Waals surface area contributed by atoms with Gasteiger partial charge in [0.15, 0.2) is 11.6 Å². The number of aliphatic hydroxyl groups is 1. The quantitative estimate of drug-likeness (QED) is 0.697. The first-order valence-corrected chi connectivity index (χ1v) is 5.73. The SMILES string of the molecule is C=C1/C=C(N)\C(O)=C/CC(=O)c2ccccc2C1=O. The van der Waals surface area contributed by atoms with E-state index in [9.17, 15) is 14.7 Å². The highest BCUT2D eigenvalue weighted by molar-refractivity contribution is 6.16. The number of carbonyl (C=O) groups is 2. The molecule has 4 nitrogen and oxygen atoms in total. The second-order valence-electron chi connectivity index (χ2n) is 4.22. The van der Waals surface area contributed by atoms with Gasteiger partial charge in [0.05, 0.1) is 5.70 Å². The van der Waals surface area contributed by atoms with Crippen LogP contribution in [0.4, 0.5) is 0 Å². The fraction of sp³-hybridized carbons (Fsp3) is 0.0667. The van der Waals surface area contributed by atoms with Crippen molar-refractivity contribution in [2.75, 3.05) is 0 Å². The number of Topliss-reactive ketones (excluding diaryl/α,β-unsaturated/α-hetero) is 2. The molecule has 0 amide bonds. The van der Waals surface area contributed by atoms with Gasteiger partial charge in [0.25, 0.3) is 0 Å². The van der Waals surface area contributed by atoms with Crippen LogP contribution in [0.1, 0.15) is 27.1 Å². The summed E-state index contributed by atoms with van der Waals surface area (Å²) < 4.78 is 0. The molecule has 0 radical (unpaired) electrons. The molecular weight excluding hydrogens is 242 g/mol. The van der Waals surface area contributed by atoms with Crippen LogP contribution in [-0.4, -0.2) is 16.7 Å². The number of rotatable bonds is 0. The lowest BCUT2D eigenvalue weighted by Gasteiger charge is -2.10. The van der Waals surface area contributed by atoms with Gasteiger partial charge in [-0.1, -0.05) is 30.8 Å². The van der Waals surface area contributed by atoms with Crippen molar-refractivity contribution in [3.8, 4) is 0 Å². The molecule has 0 unspecified atom stereocenters. The van der Waals surface area contributed by atoms with Crippen molar-refractivity contribution in [1.29, 1.82) is 0 Å². The summed E-state index contributed by atoms with van der Waals surface area (Å²) >= 11 is 0. The highest BCUT2D eigenvalue weighted by Crippen LogP contribution is 2.19. The van der Waals surface area contributed by atoms with Gasteiger partial charge in [0.1, 0.15) is 5.76 Å². The molecule has 96 valence electrons. The zero-order chi connectivity index (χ0) is 14.0. The predicted octanol–water partition coefficient (Wildman–Crippen LogP) is 2.30. The van der Waals surface area contributed by atoms with E-state index in [1.807, 2.05) is 0 Å². The molecule has 0 spiro atoms. The molecule has 4 heteroatoms. The largest absolute Gasteiger partial charge is 0.506 e. The minimum Gasteiger partial charge on any atom is -0.506 e. The molecular formula is C15H13NO3. The average Bonchev–Trinajstić information content (AvgIpc) is 2.42. The van der Waals surface area contributed by atoms with E-state index in [0.29, 0.717) is 11.1 Å². The molecule has 0 fully saturated rings. The lowest BCUT2D eigenvalue weighted by Crippen LogP contribution is -2.13. The molecule has 0 bridgehead atoms. The molecule has 1 aliphatic rings. The third kappa shape index (κ3) is 2.47. The third-order valence-electron chi connectivity index (χ3n) is 2.87. The molecule has 0 saturated heterocycles. The van der Waals surface area contributed by atoms with Crippen LogP contribution >= 0.6 is 0 Å². The van der Waals surface area contributed by atoms with Crippen molar-refractivity contribution in [2.24, 2.45) is 5.73 Å². The minimum atomic E-state index is -0.374. The zero-order valence-corrected chi connectivity index (χ0v) is 10.2. The van der Waals surface area contributed by atoms with E-state index in [1.165, 1.54) is 12.2 Å². The summed E-state index contributed by atoms with van der Waals surface area (Å²) in [7, 11) is 0. The average molecular weight is 255 g/mol. The molecule has 1 aliphatic carbocycles. The smallest absolute Gasteiger partial charge is 0.193 e. The van der Waals surface area contributed by atoms with Crippen LogP contribution in [0.25, 0.3) is 0 Å². The molecule has 1 aromatic rings. The monoisotopic (exact) mass is 255 g/mol. The molecule has 0 atom stereocenters. The maximum atomic E-state index is 12.2. The molecule has 0 aliphatic heterocycles. The number of hydrogen-bond donors (Lipinski definition) is 2. The van der Waals surface area contributed by atoms with Crippen molar-refractivity contribution in [2.45, 2.75) is 6.42 Å². The number of carbonyl (C=O) groups excluding carboxylic acids is 2. The lowest BCUT2D eigenvalue weighted by molar-refractivity contribution is 0.0976. The number of ketones is 2. The number of hydrogen-bond acceptors (Lipinski definition) is 4. The molecule has 2 rings (SSSR count). The molecule has 0 saturated carbocycles. The van der Waals surface area contributed by atoms with Crippen LogP contribution < -0.4 is 5.73 Å². The maximum absolute atomic E-state index is 12.2. The molecule has 0 aromatic heterocycles. The lowest BCUT2D eigenvalue weighted by atomic mass is 9.94. The Hall–Kier alpha value is -2.62. The summed E-state index contributed by atoms with van der Waals surface area (Å²) in [6.45, 7) is 3.62. The fourth-order valence-electron chi connectivity index (χ4n) is 1.84. The van der Waals surface area contributed by atoms with E-state index >= 15 is 0 Å². The standard InChI is InChI=1S/C15H13NO3/c1-9-8-12(16)14(18)7-6-13(17)10-4-2-3-5-11(10)15(9)19/h2-5,7-8,18H,1,6,16H2/b12-8+,14-7+. The maximum Gasteiger partial charge on any atom is 0.193 e. The Bertz CT molecular complexity index is 639. The zero-order valence-electron chi connectivity index (χ0n) is 10.2. The Labute approximate surface area is 110 Å². The first kappa shape index (κ1) is 12.8. The van der Waals surface area contributed by atoms with Crippen LogP contribution in [0.2, 0.25) is 0 Å². The summed E-state index contributed by atoms with van der Waals surface area (Å²) in [5, 5.41) is 9.63. The number of benzene rings is 1. The third-order valence-corrected chi connectivity index (χ3v) is 2.87. The van der Waals surface area contributed by atoms with Gasteiger partial charge in [-0.2, -0.15) is 0 Å². The first-order valence-electron chi connectivity index (χ1n) is 5.73. The van der Waals surface area contributed by atoms with E-state index in [-0.39, 0.29) is 35.0 Å². The van der Waals surface area contributed by atoms with E-state index in [4.69, 9.17) is 5.73 Å². The topological polar surface area (TPSA) is 80.4 Å². The second-order valence-corrected chi connectivity index (χ2v) is 4.22. The van der Waals surface area contributed by atoms with Crippen LogP contribution in [-0.2, 0) is 0 Å². The molecule has 19 heavy (non-hydrogen) atoms. The fourth-order valence-corrected chi connectivity index (χ4v) is 1.84. The number of allylic oxidation sites excluding steroid dienone is 3.